The summed E-state index contributed by atoms with van der Waals surface area (Å²) in [5, 5.41) is 10.4. The van der Waals surface area contributed by atoms with Crippen LogP contribution in [0.3, 0.4) is 0 Å². The molecule has 0 unspecified atom stereocenters. The molecule has 1 fully saturated rings. The van der Waals surface area contributed by atoms with E-state index in [2.05, 4.69) is 0 Å². The number of sulfonamides is 1. The number of carbonyl (C=O) groups is 1. The van der Waals surface area contributed by atoms with Gasteiger partial charge >= 0.3 is 0 Å². The Morgan fingerprint density at radius 3 is 2.28 bits per heavy atom. The number of benzene rings is 1. The monoisotopic (exact) mass is 271 g/mol. The molecule has 0 aromatic heterocycles. The molecule has 1 aromatic rings. The van der Waals surface area contributed by atoms with E-state index in [9.17, 15) is 23.3 Å². The number of non-ortho nitro benzene ring substituents is 1. The van der Waals surface area contributed by atoms with Crippen molar-refractivity contribution in [2.24, 2.45) is 5.73 Å². The molecule has 0 spiro atoms. The molecule has 8 nitrogen and oxygen atoms in total. The summed E-state index contributed by atoms with van der Waals surface area (Å²) in [6.45, 7) is -0.0713. The predicted molar refractivity (Wildman–Crippen MR) is 60.0 cm³/mol. The standard InChI is InChI=1S/C9H9N3O5S/c10-8-5-11(9(8)13)18(16,17)7-3-1-6(2-4-7)12(14)15/h1-4,8H,5,10H2/t8-/m1/s1. The molecule has 1 atom stereocenters. The van der Waals surface area contributed by atoms with Gasteiger partial charge in [-0.05, 0) is 12.1 Å². The summed E-state index contributed by atoms with van der Waals surface area (Å²) in [5.41, 5.74) is 5.08. The van der Waals surface area contributed by atoms with Gasteiger partial charge in [-0.3, -0.25) is 14.9 Å². The highest BCUT2D eigenvalue weighted by Gasteiger charge is 2.42. The largest absolute Gasteiger partial charge is 0.318 e. The second-order valence-electron chi connectivity index (χ2n) is 3.73. The van der Waals surface area contributed by atoms with Crippen molar-refractivity contribution in [3.05, 3.63) is 34.4 Å². The summed E-state index contributed by atoms with van der Waals surface area (Å²) in [7, 11) is -3.95. The van der Waals surface area contributed by atoms with E-state index >= 15 is 0 Å². The number of rotatable bonds is 3. The molecule has 2 rings (SSSR count). The second-order valence-corrected chi connectivity index (χ2v) is 5.59. The lowest BCUT2D eigenvalue weighted by Gasteiger charge is -2.34. The number of hydrogen-bond donors (Lipinski definition) is 1. The topological polar surface area (TPSA) is 124 Å². The third-order valence-electron chi connectivity index (χ3n) is 2.56. The number of nitrogens with two attached hydrogens (primary N) is 1. The Morgan fingerprint density at radius 1 is 1.33 bits per heavy atom. The van der Waals surface area contributed by atoms with Crippen molar-refractivity contribution >= 4 is 21.6 Å². The van der Waals surface area contributed by atoms with Gasteiger partial charge < -0.3 is 5.73 Å². The lowest BCUT2D eigenvalue weighted by atomic mass is 10.2. The van der Waals surface area contributed by atoms with E-state index in [0.717, 1.165) is 24.3 Å². The lowest BCUT2D eigenvalue weighted by Crippen LogP contribution is -2.62. The highest BCUT2D eigenvalue weighted by atomic mass is 32.2. The molecule has 1 heterocycles. The van der Waals surface area contributed by atoms with Crippen LogP contribution >= 0.6 is 0 Å². The highest BCUT2D eigenvalue weighted by Crippen LogP contribution is 2.23. The van der Waals surface area contributed by atoms with Crippen LogP contribution in [0, 0.1) is 10.1 Å². The van der Waals surface area contributed by atoms with E-state index < -0.39 is 26.9 Å². The van der Waals surface area contributed by atoms with Crippen LogP contribution < -0.4 is 5.73 Å². The average Bonchev–Trinajstić information content (AvgIpc) is 2.35. The maximum Gasteiger partial charge on any atom is 0.269 e. The quantitative estimate of drug-likeness (QED) is 0.447. The Morgan fingerprint density at radius 2 is 1.89 bits per heavy atom. The number of nitro groups is 1. The highest BCUT2D eigenvalue weighted by molar-refractivity contribution is 7.89. The van der Waals surface area contributed by atoms with Crippen molar-refractivity contribution in [2.75, 3.05) is 6.54 Å². The molecule has 0 bridgehead atoms. The van der Waals surface area contributed by atoms with Gasteiger partial charge in [0.2, 0.25) is 0 Å². The van der Waals surface area contributed by atoms with Crippen molar-refractivity contribution in [1.82, 2.24) is 4.31 Å². The number of amides is 1. The normalized spacial score (nSPS) is 19.5. The molecule has 1 aliphatic rings. The average molecular weight is 271 g/mol. The molecular formula is C9H9N3O5S. The number of hydrogen-bond acceptors (Lipinski definition) is 6. The summed E-state index contributed by atoms with van der Waals surface area (Å²) < 4.78 is 24.5. The SMILES string of the molecule is N[C@@H]1CN(S(=O)(=O)c2ccc([N+](=O)[O-])cc2)C1=O. The fourth-order valence-electron chi connectivity index (χ4n) is 1.50. The zero-order chi connectivity index (χ0) is 13.5. The Hall–Kier alpha value is -2.00. The van der Waals surface area contributed by atoms with Gasteiger partial charge in [0.25, 0.3) is 21.6 Å². The first-order valence-electron chi connectivity index (χ1n) is 4.90. The fourth-order valence-corrected chi connectivity index (χ4v) is 2.97. The number of nitro benzene ring substituents is 1. The van der Waals surface area contributed by atoms with E-state index in [1.807, 2.05) is 0 Å². The van der Waals surface area contributed by atoms with Crippen LogP contribution in [0.5, 0.6) is 0 Å². The van der Waals surface area contributed by atoms with E-state index in [-0.39, 0.29) is 17.1 Å². The van der Waals surface area contributed by atoms with Gasteiger partial charge in [-0.2, -0.15) is 0 Å². The zero-order valence-corrected chi connectivity index (χ0v) is 9.83. The maximum atomic E-state index is 11.9. The number of β-lactam (4-membered cyclic amide) rings is 1. The van der Waals surface area contributed by atoms with E-state index in [1.54, 1.807) is 0 Å². The van der Waals surface area contributed by atoms with Crippen LogP contribution in [-0.4, -0.2) is 36.1 Å². The van der Waals surface area contributed by atoms with Crippen LogP contribution in [0.2, 0.25) is 0 Å². The van der Waals surface area contributed by atoms with Gasteiger partial charge in [-0.15, -0.1) is 0 Å². The van der Waals surface area contributed by atoms with Crippen molar-refractivity contribution in [3.8, 4) is 0 Å². The molecule has 1 saturated heterocycles. The Balaban J connectivity index is 2.31. The van der Waals surface area contributed by atoms with Crippen molar-refractivity contribution in [3.63, 3.8) is 0 Å². The van der Waals surface area contributed by atoms with Gasteiger partial charge in [-0.1, -0.05) is 0 Å². The Bertz CT molecular complexity index is 610. The fraction of sp³-hybridized carbons (Fsp3) is 0.222. The first-order chi connectivity index (χ1) is 8.34. The molecule has 1 aromatic carbocycles. The van der Waals surface area contributed by atoms with E-state index in [0.29, 0.717) is 4.31 Å². The summed E-state index contributed by atoms with van der Waals surface area (Å²) in [6.07, 6.45) is 0. The molecule has 1 amide bonds. The van der Waals surface area contributed by atoms with Gasteiger partial charge in [0.05, 0.1) is 16.4 Å². The minimum Gasteiger partial charge on any atom is -0.318 e. The van der Waals surface area contributed by atoms with Crippen molar-refractivity contribution in [2.45, 2.75) is 10.9 Å². The molecular weight excluding hydrogens is 262 g/mol. The maximum absolute atomic E-state index is 11.9. The van der Waals surface area contributed by atoms with E-state index in [1.165, 1.54) is 0 Å². The van der Waals surface area contributed by atoms with Gasteiger partial charge in [-0.25, -0.2) is 12.7 Å². The number of nitrogens with zero attached hydrogens (tertiary/aromatic N) is 2. The van der Waals surface area contributed by atoms with Crippen LogP contribution in [0.15, 0.2) is 29.2 Å². The zero-order valence-electron chi connectivity index (χ0n) is 9.02. The van der Waals surface area contributed by atoms with Crippen LogP contribution in [0.4, 0.5) is 5.69 Å². The molecule has 2 N–H and O–H groups in total. The summed E-state index contributed by atoms with van der Waals surface area (Å²) >= 11 is 0. The van der Waals surface area contributed by atoms with Crippen molar-refractivity contribution < 1.29 is 18.1 Å². The van der Waals surface area contributed by atoms with Crippen LogP contribution in [0.1, 0.15) is 0 Å². The molecule has 1 aliphatic heterocycles. The number of carbonyl (C=O) groups excluding carboxylic acids is 1. The smallest absolute Gasteiger partial charge is 0.269 e. The molecule has 0 radical (unpaired) electrons. The Labute approximate surface area is 102 Å². The third kappa shape index (κ3) is 1.83. The van der Waals surface area contributed by atoms with Crippen LogP contribution in [0.25, 0.3) is 0 Å². The molecule has 96 valence electrons. The minimum atomic E-state index is -3.95. The van der Waals surface area contributed by atoms with Crippen LogP contribution in [-0.2, 0) is 14.8 Å². The predicted octanol–water partition coefficient (Wildman–Crippen LogP) is -0.547. The summed E-state index contributed by atoms with van der Waals surface area (Å²) in [4.78, 5) is 20.9. The lowest BCUT2D eigenvalue weighted by molar-refractivity contribution is -0.384. The minimum absolute atomic E-state index is 0.0713. The Kier molecular flexibility index (Phi) is 2.79. The first-order valence-corrected chi connectivity index (χ1v) is 6.34. The molecule has 9 heteroatoms. The molecule has 0 saturated carbocycles. The summed E-state index contributed by atoms with van der Waals surface area (Å²) in [5.74, 6) is -0.673. The first kappa shape index (κ1) is 12.5. The van der Waals surface area contributed by atoms with Gasteiger partial charge in [0.1, 0.15) is 6.04 Å². The summed E-state index contributed by atoms with van der Waals surface area (Å²) in [6, 6.07) is 3.52. The third-order valence-corrected chi connectivity index (χ3v) is 4.34. The molecule has 0 aliphatic carbocycles. The van der Waals surface area contributed by atoms with E-state index in [4.69, 9.17) is 5.73 Å². The van der Waals surface area contributed by atoms with Gasteiger partial charge in [0, 0.05) is 12.1 Å². The van der Waals surface area contributed by atoms with Gasteiger partial charge in [0.15, 0.2) is 0 Å². The van der Waals surface area contributed by atoms with Crippen molar-refractivity contribution in [1.29, 1.82) is 0 Å². The molecule has 18 heavy (non-hydrogen) atoms. The second kappa shape index (κ2) is 4.03.